The molecule has 4 nitrogen and oxygen atoms in total. The van der Waals surface area contributed by atoms with Gasteiger partial charge in [-0.05, 0) is 19.8 Å². The molecule has 0 aliphatic heterocycles. The largest absolute Gasteiger partial charge is 0.462 e. The van der Waals surface area contributed by atoms with Crippen molar-refractivity contribution in [2.24, 2.45) is 0 Å². The van der Waals surface area contributed by atoms with Gasteiger partial charge in [0.1, 0.15) is 0 Å². The van der Waals surface area contributed by atoms with Crippen molar-refractivity contribution in [3.8, 4) is 0 Å². The summed E-state index contributed by atoms with van der Waals surface area (Å²) in [5, 5.41) is 0. The molecule has 5 heteroatoms. The van der Waals surface area contributed by atoms with E-state index in [2.05, 4.69) is 6.58 Å². The van der Waals surface area contributed by atoms with Gasteiger partial charge >= 0.3 is 5.97 Å². The third kappa shape index (κ3) is 11.9. The van der Waals surface area contributed by atoms with Crippen molar-refractivity contribution in [1.29, 1.82) is 0 Å². The molecule has 0 saturated heterocycles. The smallest absolute Gasteiger partial charge is 0.333 e. The van der Waals surface area contributed by atoms with Crippen molar-refractivity contribution in [2.45, 2.75) is 45.4 Å². The first-order valence-corrected chi connectivity index (χ1v) is 8.74. The molecule has 0 aromatic rings. The number of esters is 1. The number of carbonyl (C=O) groups excluding carboxylic acids is 1. The Kier molecular flexibility index (Phi) is 9.03. The van der Waals surface area contributed by atoms with E-state index in [1.165, 1.54) is 6.66 Å². The van der Waals surface area contributed by atoms with Gasteiger partial charge in [0.25, 0.3) is 0 Å². The van der Waals surface area contributed by atoms with Gasteiger partial charge in [-0.25, -0.2) is 4.79 Å². The Morgan fingerprint density at radius 1 is 1.17 bits per heavy atom. The molecular formula is C13H25O4P. The molecule has 0 fully saturated rings. The lowest BCUT2D eigenvalue weighted by molar-refractivity contribution is -0.139. The number of hydrogen-bond donors (Lipinski definition) is 1. The first-order chi connectivity index (χ1) is 8.33. The van der Waals surface area contributed by atoms with Gasteiger partial charge < -0.3 is 9.63 Å². The molecule has 18 heavy (non-hydrogen) atoms. The Morgan fingerprint density at radius 2 is 1.67 bits per heavy atom. The molecule has 0 rings (SSSR count). The third-order valence-electron chi connectivity index (χ3n) is 2.55. The summed E-state index contributed by atoms with van der Waals surface area (Å²) in [6.45, 7) is 7.00. The number of unbranched alkanes of at least 4 members (excludes halogenated alkanes) is 5. The molecule has 1 N–H and O–H groups in total. The van der Waals surface area contributed by atoms with Crippen LogP contribution < -0.4 is 0 Å². The van der Waals surface area contributed by atoms with Gasteiger partial charge in [0.05, 0.1) is 6.61 Å². The molecule has 0 heterocycles. The summed E-state index contributed by atoms with van der Waals surface area (Å²) >= 11 is 0. The molecule has 1 atom stereocenters. The molecule has 1 unspecified atom stereocenters. The van der Waals surface area contributed by atoms with Gasteiger partial charge in [0, 0.05) is 18.4 Å². The van der Waals surface area contributed by atoms with Gasteiger partial charge in [-0.3, -0.25) is 4.57 Å². The summed E-state index contributed by atoms with van der Waals surface area (Å²) in [6.07, 6.45) is 6.25. The zero-order valence-corrected chi connectivity index (χ0v) is 12.4. The van der Waals surface area contributed by atoms with E-state index in [0.29, 0.717) is 18.3 Å². The quantitative estimate of drug-likeness (QED) is 0.288. The van der Waals surface area contributed by atoms with Gasteiger partial charge in [-0.1, -0.05) is 32.3 Å². The van der Waals surface area contributed by atoms with E-state index in [1.54, 1.807) is 6.92 Å². The van der Waals surface area contributed by atoms with Crippen LogP contribution in [0.3, 0.4) is 0 Å². The second-order valence-corrected chi connectivity index (χ2v) is 7.36. The Hall–Kier alpha value is -0.600. The highest BCUT2D eigenvalue weighted by Crippen LogP contribution is 2.36. The van der Waals surface area contributed by atoms with Crippen LogP contribution in [-0.4, -0.2) is 30.3 Å². The zero-order valence-electron chi connectivity index (χ0n) is 11.5. The fraction of sp³-hybridized carbons (Fsp3) is 0.769. The molecule has 0 aromatic carbocycles. The van der Waals surface area contributed by atoms with Crippen molar-refractivity contribution < 1.29 is 19.0 Å². The molecule has 0 aliphatic rings. The van der Waals surface area contributed by atoms with E-state index < -0.39 is 7.37 Å². The summed E-state index contributed by atoms with van der Waals surface area (Å²) in [6, 6.07) is 0. The van der Waals surface area contributed by atoms with Gasteiger partial charge in [-0.2, -0.15) is 0 Å². The summed E-state index contributed by atoms with van der Waals surface area (Å²) in [5.74, 6) is -0.323. The monoisotopic (exact) mass is 276 g/mol. The average molecular weight is 276 g/mol. The maximum Gasteiger partial charge on any atom is 0.333 e. The fourth-order valence-corrected chi connectivity index (χ4v) is 2.31. The van der Waals surface area contributed by atoms with Crippen LogP contribution in [0.15, 0.2) is 12.2 Å². The van der Waals surface area contributed by atoms with Crippen molar-refractivity contribution in [3.05, 3.63) is 12.2 Å². The van der Waals surface area contributed by atoms with E-state index in [-0.39, 0.29) is 5.97 Å². The first kappa shape index (κ1) is 17.4. The molecule has 106 valence electrons. The summed E-state index contributed by atoms with van der Waals surface area (Å²) in [4.78, 5) is 20.1. The number of hydrogen-bond acceptors (Lipinski definition) is 3. The van der Waals surface area contributed by atoms with Crippen molar-refractivity contribution >= 4 is 13.3 Å². The summed E-state index contributed by atoms with van der Waals surface area (Å²) in [5.41, 5.74) is 0.433. The predicted octanol–water partition coefficient (Wildman–Crippen LogP) is 3.35. The van der Waals surface area contributed by atoms with Crippen LogP contribution in [0.5, 0.6) is 0 Å². The van der Waals surface area contributed by atoms with Crippen molar-refractivity contribution in [1.82, 2.24) is 0 Å². The van der Waals surface area contributed by atoms with Gasteiger partial charge in [0.15, 0.2) is 7.37 Å². The molecule has 0 amide bonds. The highest BCUT2D eigenvalue weighted by atomic mass is 31.2. The Balaban J connectivity index is 3.24. The van der Waals surface area contributed by atoms with Gasteiger partial charge in [-0.15, -0.1) is 0 Å². The molecule has 0 spiro atoms. The Labute approximate surface area is 110 Å². The second kappa shape index (κ2) is 9.35. The number of ether oxygens (including phenoxy) is 1. The molecule has 0 saturated carbocycles. The lowest BCUT2D eigenvalue weighted by Crippen LogP contribution is -2.05. The summed E-state index contributed by atoms with van der Waals surface area (Å²) in [7, 11) is -2.82. The molecule has 0 radical (unpaired) electrons. The number of rotatable bonds is 10. The average Bonchev–Trinajstić information content (AvgIpc) is 2.24. The second-order valence-electron chi connectivity index (χ2n) is 4.81. The Morgan fingerprint density at radius 3 is 2.17 bits per heavy atom. The van der Waals surface area contributed by atoms with E-state index in [4.69, 9.17) is 9.63 Å². The van der Waals surface area contributed by atoms with E-state index in [0.717, 1.165) is 38.5 Å². The SMILES string of the molecule is C=C(C)C(=O)OCCCCCCCCP(C)(=O)O. The van der Waals surface area contributed by atoms with Crippen molar-refractivity contribution in [2.75, 3.05) is 19.4 Å². The predicted molar refractivity (Wildman–Crippen MR) is 74.1 cm³/mol. The van der Waals surface area contributed by atoms with Crippen LogP contribution in [0, 0.1) is 0 Å². The van der Waals surface area contributed by atoms with E-state index in [1.807, 2.05) is 0 Å². The maximum absolute atomic E-state index is 11.0. The van der Waals surface area contributed by atoms with Crippen LogP contribution >= 0.6 is 7.37 Å². The lowest BCUT2D eigenvalue weighted by Gasteiger charge is -2.05. The van der Waals surface area contributed by atoms with Crippen molar-refractivity contribution in [3.63, 3.8) is 0 Å². The lowest BCUT2D eigenvalue weighted by atomic mass is 10.1. The standard InChI is InChI=1S/C13H25O4P/c1-12(2)13(14)17-10-8-6-4-5-7-9-11-18(3,15)16/h1,4-11H2,2-3H3,(H,15,16). The van der Waals surface area contributed by atoms with Crippen LogP contribution in [0.2, 0.25) is 0 Å². The zero-order chi connectivity index (χ0) is 14.0. The third-order valence-corrected chi connectivity index (χ3v) is 3.69. The molecule has 0 aromatic heterocycles. The van der Waals surface area contributed by atoms with Gasteiger partial charge in [0.2, 0.25) is 0 Å². The fourth-order valence-electron chi connectivity index (χ4n) is 1.50. The van der Waals surface area contributed by atoms with Crippen LogP contribution in [0.4, 0.5) is 0 Å². The minimum atomic E-state index is -2.82. The molecule has 0 bridgehead atoms. The Bertz CT molecular complexity index is 306. The van der Waals surface area contributed by atoms with Crippen LogP contribution in [0.1, 0.15) is 45.4 Å². The topological polar surface area (TPSA) is 63.6 Å². The maximum atomic E-state index is 11.0. The van der Waals surface area contributed by atoms with E-state index in [9.17, 15) is 9.36 Å². The summed E-state index contributed by atoms with van der Waals surface area (Å²) < 4.78 is 16.0. The molecular weight excluding hydrogens is 251 g/mol. The molecule has 0 aliphatic carbocycles. The van der Waals surface area contributed by atoms with Crippen LogP contribution in [0.25, 0.3) is 0 Å². The minimum Gasteiger partial charge on any atom is -0.462 e. The van der Waals surface area contributed by atoms with Crippen LogP contribution in [-0.2, 0) is 14.1 Å². The highest BCUT2D eigenvalue weighted by molar-refractivity contribution is 7.57. The first-order valence-electron chi connectivity index (χ1n) is 6.45. The number of carbonyl (C=O) groups is 1. The van der Waals surface area contributed by atoms with E-state index >= 15 is 0 Å². The minimum absolute atomic E-state index is 0.323. The highest BCUT2D eigenvalue weighted by Gasteiger charge is 2.07. The normalized spacial score (nSPS) is 13.9.